The number of halogens is 1. The number of nitrogens with one attached hydrogen (secondary N) is 2. The number of fused-ring (bicyclic) bond motifs is 1. The summed E-state index contributed by atoms with van der Waals surface area (Å²) in [6.07, 6.45) is 2.85. The van der Waals surface area contributed by atoms with Gasteiger partial charge in [-0.25, -0.2) is 4.98 Å². The number of pyridine rings is 1. The summed E-state index contributed by atoms with van der Waals surface area (Å²) in [5.41, 5.74) is 3.58. The van der Waals surface area contributed by atoms with Gasteiger partial charge in [0.05, 0.1) is 17.3 Å². The largest absolute Gasteiger partial charge is 0.379 e. The molecule has 3 rings (SSSR count). The van der Waals surface area contributed by atoms with Crippen molar-refractivity contribution in [3.05, 3.63) is 69.2 Å². The van der Waals surface area contributed by atoms with E-state index in [0.717, 1.165) is 23.4 Å². The predicted molar refractivity (Wildman–Crippen MR) is 109 cm³/mol. The Labute approximate surface area is 162 Å². The molecule has 0 atom stereocenters. The molecule has 0 aliphatic heterocycles. The lowest BCUT2D eigenvalue weighted by molar-refractivity contribution is -0.116. The fourth-order valence-corrected chi connectivity index (χ4v) is 2.97. The van der Waals surface area contributed by atoms with Gasteiger partial charge in [-0.1, -0.05) is 24.6 Å². The Morgan fingerprint density at radius 2 is 2.00 bits per heavy atom. The molecule has 0 saturated heterocycles. The summed E-state index contributed by atoms with van der Waals surface area (Å²) in [5.74, 6) is 0.000582. The lowest BCUT2D eigenvalue weighted by Crippen LogP contribution is -2.17. The van der Waals surface area contributed by atoms with Gasteiger partial charge in [-0.3, -0.25) is 14.0 Å². The van der Waals surface area contributed by atoms with Crippen LogP contribution in [0.1, 0.15) is 31.0 Å². The molecule has 0 spiro atoms. The van der Waals surface area contributed by atoms with E-state index in [0.29, 0.717) is 29.3 Å². The molecule has 7 heteroatoms. The molecular formula is C20H21ClN4O2. The van der Waals surface area contributed by atoms with Crippen LogP contribution in [0.4, 0.5) is 11.4 Å². The summed E-state index contributed by atoms with van der Waals surface area (Å²) in [4.78, 5) is 28.6. The molecule has 0 aliphatic rings. The first-order chi connectivity index (χ1) is 13.0. The van der Waals surface area contributed by atoms with Gasteiger partial charge in [0.15, 0.2) is 0 Å². The molecule has 0 radical (unpaired) electrons. The van der Waals surface area contributed by atoms with Crippen molar-refractivity contribution < 1.29 is 4.79 Å². The minimum Gasteiger partial charge on any atom is -0.379 e. The minimum absolute atomic E-state index is 0.000582. The first-order valence-corrected chi connectivity index (χ1v) is 9.17. The van der Waals surface area contributed by atoms with Crippen molar-refractivity contribution in [2.45, 2.75) is 33.2 Å². The van der Waals surface area contributed by atoms with Crippen LogP contribution in [0.3, 0.4) is 0 Å². The quantitative estimate of drug-likeness (QED) is 0.673. The van der Waals surface area contributed by atoms with Crippen LogP contribution >= 0.6 is 11.6 Å². The number of benzene rings is 1. The van der Waals surface area contributed by atoms with Crippen LogP contribution < -0.4 is 16.2 Å². The summed E-state index contributed by atoms with van der Waals surface area (Å²) in [5, 5.41) is 6.70. The zero-order valence-electron chi connectivity index (χ0n) is 15.3. The SMILES string of the molecule is CCCC(=O)Nc1cccc(NCc2cc(=O)n3cc(Cl)ccc3n2)c1C. The summed E-state index contributed by atoms with van der Waals surface area (Å²) in [6.45, 7) is 4.30. The molecule has 140 valence electrons. The van der Waals surface area contributed by atoms with E-state index < -0.39 is 0 Å². The molecule has 6 nitrogen and oxygen atoms in total. The van der Waals surface area contributed by atoms with Crippen molar-refractivity contribution in [2.75, 3.05) is 10.6 Å². The van der Waals surface area contributed by atoms with Crippen molar-refractivity contribution in [1.29, 1.82) is 0 Å². The maximum atomic E-state index is 12.3. The number of hydrogen-bond acceptors (Lipinski definition) is 4. The van der Waals surface area contributed by atoms with Crippen LogP contribution in [0, 0.1) is 6.92 Å². The van der Waals surface area contributed by atoms with Gasteiger partial charge in [0, 0.05) is 30.1 Å². The smallest absolute Gasteiger partial charge is 0.258 e. The van der Waals surface area contributed by atoms with Crippen molar-refractivity contribution in [3.63, 3.8) is 0 Å². The molecule has 27 heavy (non-hydrogen) atoms. The van der Waals surface area contributed by atoms with Crippen molar-refractivity contribution in [3.8, 4) is 0 Å². The molecule has 1 amide bonds. The number of anilines is 2. The number of nitrogens with zero attached hydrogens (tertiary/aromatic N) is 2. The van der Waals surface area contributed by atoms with Crippen molar-refractivity contribution in [1.82, 2.24) is 9.38 Å². The maximum Gasteiger partial charge on any atom is 0.258 e. The number of hydrogen-bond donors (Lipinski definition) is 2. The van der Waals surface area contributed by atoms with E-state index in [1.165, 1.54) is 10.5 Å². The molecule has 0 bridgehead atoms. The summed E-state index contributed by atoms with van der Waals surface area (Å²) < 4.78 is 1.42. The summed E-state index contributed by atoms with van der Waals surface area (Å²) >= 11 is 5.93. The second kappa shape index (κ2) is 8.22. The fraction of sp³-hybridized carbons (Fsp3) is 0.250. The van der Waals surface area contributed by atoms with Crippen LogP contribution in [0.5, 0.6) is 0 Å². The van der Waals surface area contributed by atoms with E-state index in [1.807, 2.05) is 32.0 Å². The average molecular weight is 385 g/mol. The molecule has 0 fully saturated rings. The number of carbonyl (C=O) groups excluding carboxylic acids is 1. The Morgan fingerprint density at radius 3 is 2.78 bits per heavy atom. The van der Waals surface area contributed by atoms with Crippen LogP contribution in [-0.2, 0) is 11.3 Å². The topological polar surface area (TPSA) is 75.5 Å². The Kier molecular flexibility index (Phi) is 5.76. The Morgan fingerprint density at radius 1 is 1.22 bits per heavy atom. The molecule has 0 unspecified atom stereocenters. The average Bonchev–Trinajstić information content (AvgIpc) is 2.63. The van der Waals surface area contributed by atoms with Gasteiger partial charge in [-0.2, -0.15) is 0 Å². The van der Waals surface area contributed by atoms with Crippen LogP contribution in [0.15, 0.2) is 47.4 Å². The van der Waals surface area contributed by atoms with E-state index in [-0.39, 0.29) is 11.5 Å². The first-order valence-electron chi connectivity index (χ1n) is 8.79. The number of rotatable bonds is 6. The van der Waals surface area contributed by atoms with Crippen LogP contribution in [0.2, 0.25) is 5.02 Å². The predicted octanol–water partition coefficient (Wildman–Crippen LogP) is 4.01. The second-order valence-electron chi connectivity index (χ2n) is 6.29. The lowest BCUT2D eigenvalue weighted by Gasteiger charge is -2.14. The first kappa shape index (κ1) is 18.9. The number of carbonyl (C=O) groups is 1. The zero-order valence-corrected chi connectivity index (χ0v) is 16.0. The molecular weight excluding hydrogens is 364 g/mol. The van der Waals surface area contributed by atoms with Crippen molar-refractivity contribution >= 4 is 34.5 Å². The standard InChI is InChI=1S/C20H21ClN4O2/c1-3-5-19(26)24-17-7-4-6-16(13(17)2)22-11-15-10-20(27)25-12-14(21)8-9-18(25)23-15/h4,6-10,12,22H,3,5,11H2,1-2H3,(H,24,26). The molecule has 2 heterocycles. The van der Waals surface area contributed by atoms with E-state index in [4.69, 9.17) is 11.6 Å². The Bertz CT molecular complexity index is 1050. The van der Waals surface area contributed by atoms with Gasteiger partial charge in [0.25, 0.3) is 5.56 Å². The highest BCUT2D eigenvalue weighted by Crippen LogP contribution is 2.24. The third-order valence-electron chi connectivity index (χ3n) is 4.22. The highest BCUT2D eigenvalue weighted by Gasteiger charge is 2.08. The third-order valence-corrected chi connectivity index (χ3v) is 4.45. The monoisotopic (exact) mass is 384 g/mol. The zero-order chi connectivity index (χ0) is 19.4. The van der Waals surface area contributed by atoms with Gasteiger partial charge in [-0.15, -0.1) is 0 Å². The number of aromatic nitrogens is 2. The minimum atomic E-state index is -0.184. The van der Waals surface area contributed by atoms with E-state index in [9.17, 15) is 9.59 Å². The molecule has 3 aromatic rings. The van der Waals surface area contributed by atoms with Gasteiger partial charge in [-0.05, 0) is 43.2 Å². The van der Waals surface area contributed by atoms with Gasteiger partial charge < -0.3 is 10.6 Å². The number of amides is 1. The Balaban J connectivity index is 1.79. The van der Waals surface area contributed by atoms with E-state index >= 15 is 0 Å². The summed E-state index contributed by atoms with van der Waals surface area (Å²) in [6, 6.07) is 10.6. The van der Waals surface area contributed by atoms with Gasteiger partial charge in [0.1, 0.15) is 5.65 Å². The maximum absolute atomic E-state index is 12.3. The fourth-order valence-electron chi connectivity index (χ4n) is 2.80. The van der Waals surface area contributed by atoms with Crippen molar-refractivity contribution in [2.24, 2.45) is 0 Å². The molecule has 0 saturated carbocycles. The lowest BCUT2D eigenvalue weighted by atomic mass is 10.1. The molecule has 0 aliphatic carbocycles. The normalized spacial score (nSPS) is 10.8. The Hall–Kier alpha value is -2.86. The van der Waals surface area contributed by atoms with Gasteiger partial charge >= 0.3 is 0 Å². The third kappa shape index (κ3) is 4.46. The highest BCUT2D eigenvalue weighted by atomic mass is 35.5. The molecule has 2 N–H and O–H groups in total. The summed E-state index contributed by atoms with van der Waals surface area (Å²) in [7, 11) is 0. The molecule has 1 aromatic carbocycles. The van der Waals surface area contributed by atoms with E-state index in [2.05, 4.69) is 15.6 Å². The second-order valence-corrected chi connectivity index (χ2v) is 6.73. The highest BCUT2D eigenvalue weighted by molar-refractivity contribution is 6.30. The van der Waals surface area contributed by atoms with Gasteiger partial charge in [0.2, 0.25) is 5.91 Å². The van der Waals surface area contributed by atoms with Crippen LogP contribution in [-0.4, -0.2) is 15.3 Å². The van der Waals surface area contributed by atoms with E-state index in [1.54, 1.807) is 18.3 Å². The van der Waals surface area contributed by atoms with Crippen LogP contribution in [0.25, 0.3) is 5.65 Å². The molecule has 2 aromatic heterocycles.